The van der Waals surface area contributed by atoms with E-state index < -0.39 is 32.1 Å². The van der Waals surface area contributed by atoms with Gasteiger partial charge in [-0.05, 0) is 26.0 Å². The summed E-state index contributed by atoms with van der Waals surface area (Å²) in [4.78, 5) is 2.82. The van der Waals surface area contributed by atoms with Crippen molar-refractivity contribution in [2.24, 2.45) is 0 Å². The third-order valence-corrected chi connectivity index (χ3v) is 4.44. The number of nitrogens with zero attached hydrogens (tertiary/aromatic N) is 3. The molecule has 0 aliphatic heterocycles. The highest BCUT2D eigenvalue weighted by Gasteiger charge is 2.27. The Kier molecular flexibility index (Phi) is 3.95. The Hall–Kier alpha value is -2.03. The molecule has 0 aliphatic rings. The standard InChI is InChI=1S/C12H14F2N4O2S/c1-7(2)18-11(16-6-17-18)5-21(19,20)12-9(13)3-8(15)4-10(12)14/h3-4,6-7H,5,15H2,1-2H3. The molecule has 0 radical (unpaired) electrons. The van der Waals surface area contributed by atoms with Gasteiger partial charge in [-0.15, -0.1) is 0 Å². The van der Waals surface area contributed by atoms with Crippen LogP contribution in [0.1, 0.15) is 25.7 Å². The van der Waals surface area contributed by atoms with Gasteiger partial charge in [0, 0.05) is 11.7 Å². The SMILES string of the molecule is CC(C)n1ncnc1CS(=O)(=O)c1c(F)cc(N)cc1F. The minimum absolute atomic E-state index is 0.112. The van der Waals surface area contributed by atoms with Crippen LogP contribution in [-0.2, 0) is 15.6 Å². The van der Waals surface area contributed by atoms with Gasteiger partial charge in [-0.25, -0.2) is 26.9 Å². The molecule has 6 nitrogen and oxygen atoms in total. The molecule has 0 bridgehead atoms. The zero-order chi connectivity index (χ0) is 15.8. The zero-order valence-corrected chi connectivity index (χ0v) is 12.2. The average Bonchev–Trinajstić information content (AvgIpc) is 2.73. The molecule has 1 aromatic heterocycles. The van der Waals surface area contributed by atoms with Gasteiger partial charge >= 0.3 is 0 Å². The molecule has 2 rings (SSSR count). The van der Waals surface area contributed by atoms with Crippen LogP contribution >= 0.6 is 0 Å². The first kappa shape index (κ1) is 15.4. The van der Waals surface area contributed by atoms with Crippen molar-refractivity contribution in [3.8, 4) is 0 Å². The van der Waals surface area contributed by atoms with Crippen molar-refractivity contribution in [1.29, 1.82) is 0 Å². The van der Waals surface area contributed by atoms with Crippen LogP contribution in [0.25, 0.3) is 0 Å². The quantitative estimate of drug-likeness (QED) is 0.867. The molecule has 0 amide bonds. The first-order valence-electron chi connectivity index (χ1n) is 6.08. The highest BCUT2D eigenvalue weighted by atomic mass is 32.2. The predicted molar refractivity (Wildman–Crippen MR) is 72.1 cm³/mol. The highest BCUT2D eigenvalue weighted by molar-refractivity contribution is 7.90. The summed E-state index contributed by atoms with van der Waals surface area (Å²) in [6.07, 6.45) is 1.19. The van der Waals surface area contributed by atoms with Crippen molar-refractivity contribution >= 4 is 15.5 Å². The van der Waals surface area contributed by atoms with Crippen LogP contribution in [0.4, 0.5) is 14.5 Å². The first-order valence-corrected chi connectivity index (χ1v) is 7.73. The van der Waals surface area contributed by atoms with Gasteiger partial charge in [0.05, 0.1) is 0 Å². The molecule has 2 N–H and O–H groups in total. The number of hydrogen-bond acceptors (Lipinski definition) is 5. The molecule has 0 aliphatic carbocycles. The molecule has 114 valence electrons. The van der Waals surface area contributed by atoms with E-state index in [0.717, 1.165) is 12.1 Å². The summed E-state index contributed by atoms with van der Waals surface area (Å²) in [5.74, 6) is -2.98. The van der Waals surface area contributed by atoms with Crippen LogP contribution in [-0.4, -0.2) is 23.2 Å². The molecule has 1 aromatic carbocycles. The van der Waals surface area contributed by atoms with Crippen LogP contribution in [0, 0.1) is 11.6 Å². The van der Waals surface area contributed by atoms with Crippen molar-refractivity contribution in [2.75, 3.05) is 5.73 Å². The van der Waals surface area contributed by atoms with Crippen molar-refractivity contribution in [1.82, 2.24) is 14.8 Å². The van der Waals surface area contributed by atoms with Crippen molar-refractivity contribution < 1.29 is 17.2 Å². The van der Waals surface area contributed by atoms with E-state index in [1.807, 2.05) is 0 Å². The van der Waals surface area contributed by atoms with Gasteiger partial charge in [0.1, 0.15) is 34.4 Å². The fraction of sp³-hybridized carbons (Fsp3) is 0.333. The molecular weight excluding hydrogens is 302 g/mol. The lowest BCUT2D eigenvalue weighted by molar-refractivity contribution is 0.504. The predicted octanol–water partition coefficient (Wildman–Crippen LogP) is 1.69. The third kappa shape index (κ3) is 3.02. The van der Waals surface area contributed by atoms with Gasteiger partial charge in [0.15, 0.2) is 9.84 Å². The second-order valence-electron chi connectivity index (χ2n) is 4.79. The largest absolute Gasteiger partial charge is 0.399 e. The Morgan fingerprint density at radius 1 is 1.29 bits per heavy atom. The molecule has 0 atom stereocenters. The summed E-state index contributed by atoms with van der Waals surface area (Å²) >= 11 is 0. The average molecular weight is 316 g/mol. The summed E-state index contributed by atoms with van der Waals surface area (Å²) in [5, 5.41) is 3.89. The molecule has 2 aromatic rings. The first-order chi connectivity index (χ1) is 9.72. The monoisotopic (exact) mass is 316 g/mol. The maximum absolute atomic E-state index is 13.8. The van der Waals surface area contributed by atoms with Gasteiger partial charge in [-0.1, -0.05) is 0 Å². The van der Waals surface area contributed by atoms with Gasteiger partial charge in [0.25, 0.3) is 0 Å². The summed E-state index contributed by atoms with van der Waals surface area (Å²) in [6.45, 7) is 3.57. The fourth-order valence-corrected chi connectivity index (χ4v) is 3.33. The van der Waals surface area contributed by atoms with Crippen molar-refractivity contribution in [3.05, 3.63) is 35.9 Å². The summed E-state index contributed by atoms with van der Waals surface area (Å²) < 4.78 is 53.3. The van der Waals surface area contributed by atoms with Gasteiger partial charge in [-0.2, -0.15) is 5.10 Å². The number of benzene rings is 1. The van der Waals surface area contributed by atoms with Crippen molar-refractivity contribution in [2.45, 2.75) is 30.5 Å². The van der Waals surface area contributed by atoms with E-state index in [1.54, 1.807) is 13.8 Å². The van der Waals surface area contributed by atoms with Crippen LogP contribution in [0.2, 0.25) is 0 Å². The van der Waals surface area contributed by atoms with Gasteiger partial charge < -0.3 is 5.73 Å². The lowest BCUT2D eigenvalue weighted by atomic mass is 10.3. The van der Waals surface area contributed by atoms with E-state index in [2.05, 4.69) is 10.1 Å². The molecule has 0 saturated heterocycles. The van der Waals surface area contributed by atoms with E-state index in [4.69, 9.17) is 5.73 Å². The smallest absolute Gasteiger partial charge is 0.191 e. The van der Waals surface area contributed by atoms with Crippen LogP contribution in [0.15, 0.2) is 23.4 Å². The second kappa shape index (κ2) is 5.40. The molecule has 21 heavy (non-hydrogen) atoms. The van der Waals surface area contributed by atoms with Crippen LogP contribution in [0.5, 0.6) is 0 Å². The molecule has 9 heteroatoms. The Bertz CT molecular complexity index is 748. The number of aromatic nitrogens is 3. The van der Waals surface area contributed by atoms with Gasteiger partial charge in [-0.3, -0.25) is 0 Å². The lowest BCUT2D eigenvalue weighted by Gasteiger charge is -2.11. The minimum Gasteiger partial charge on any atom is -0.399 e. The summed E-state index contributed by atoms with van der Waals surface area (Å²) in [7, 11) is -4.25. The van der Waals surface area contributed by atoms with Crippen LogP contribution in [0.3, 0.4) is 0 Å². The topological polar surface area (TPSA) is 90.9 Å². The number of nitrogens with two attached hydrogens (primary N) is 1. The van der Waals surface area contributed by atoms with E-state index in [-0.39, 0.29) is 17.6 Å². The lowest BCUT2D eigenvalue weighted by Crippen LogP contribution is -2.16. The molecule has 0 fully saturated rings. The maximum atomic E-state index is 13.8. The van der Waals surface area contributed by atoms with E-state index in [9.17, 15) is 17.2 Å². The van der Waals surface area contributed by atoms with E-state index >= 15 is 0 Å². The Labute approximate surface area is 120 Å². The normalized spacial score (nSPS) is 12.0. The molecule has 0 unspecified atom stereocenters. The summed E-state index contributed by atoms with van der Waals surface area (Å²) in [5.41, 5.74) is 5.08. The number of nitrogen functional groups attached to an aromatic ring is 1. The number of sulfone groups is 1. The zero-order valence-electron chi connectivity index (χ0n) is 11.4. The number of rotatable bonds is 4. The molecule has 1 heterocycles. The summed E-state index contributed by atoms with van der Waals surface area (Å²) in [6, 6.07) is 1.41. The maximum Gasteiger partial charge on any atom is 0.191 e. The number of hydrogen-bond donors (Lipinski definition) is 1. The molecule has 0 spiro atoms. The molecule has 0 saturated carbocycles. The Morgan fingerprint density at radius 3 is 2.38 bits per heavy atom. The second-order valence-corrected chi connectivity index (χ2v) is 6.71. The van der Waals surface area contributed by atoms with Gasteiger partial charge in [0.2, 0.25) is 0 Å². The Morgan fingerprint density at radius 2 is 1.86 bits per heavy atom. The minimum atomic E-state index is -4.25. The Balaban J connectivity index is 2.47. The number of anilines is 1. The van der Waals surface area contributed by atoms with Crippen LogP contribution < -0.4 is 5.73 Å². The fourth-order valence-electron chi connectivity index (χ4n) is 1.93. The van der Waals surface area contributed by atoms with Crippen molar-refractivity contribution in [3.63, 3.8) is 0 Å². The molecular formula is C12H14F2N4O2S. The number of halogens is 2. The third-order valence-electron chi connectivity index (χ3n) is 2.79. The van der Waals surface area contributed by atoms with E-state index in [0.29, 0.717) is 0 Å². The highest BCUT2D eigenvalue weighted by Crippen LogP contribution is 2.25. The van der Waals surface area contributed by atoms with E-state index in [1.165, 1.54) is 11.0 Å².